The third-order valence-electron chi connectivity index (χ3n) is 3.08. The molecule has 0 aromatic carbocycles. The lowest BCUT2D eigenvalue weighted by molar-refractivity contribution is 0.380. The average molecular weight is 363 g/mol. The Hall–Kier alpha value is -0.130. The third-order valence-corrected chi connectivity index (χ3v) is 4.10. The van der Waals surface area contributed by atoms with Crippen LogP contribution in [0.3, 0.4) is 0 Å². The smallest absolute Gasteiger partial charge is 0.142 e. The van der Waals surface area contributed by atoms with Crippen LogP contribution in [0, 0.1) is 5.92 Å². The Morgan fingerprint density at radius 1 is 1.53 bits per heavy atom. The van der Waals surface area contributed by atoms with Gasteiger partial charge in [-0.3, -0.25) is 0 Å². The summed E-state index contributed by atoms with van der Waals surface area (Å²) < 4.78 is 2.04. The van der Waals surface area contributed by atoms with Crippen molar-refractivity contribution >= 4 is 37.7 Å². The van der Waals surface area contributed by atoms with Crippen LogP contribution in [0.1, 0.15) is 12.8 Å². The van der Waals surface area contributed by atoms with E-state index in [2.05, 4.69) is 54.1 Å². The molecule has 0 saturated carbocycles. The summed E-state index contributed by atoms with van der Waals surface area (Å²) in [6.07, 6.45) is 4.44. The van der Waals surface area contributed by atoms with Crippen LogP contribution in [-0.4, -0.2) is 31.7 Å². The highest BCUT2D eigenvalue weighted by atomic mass is 79.9. The Morgan fingerprint density at radius 2 is 2.35 bits per heavy atom. The summed E-state index contributed by atoms with van der Waals surface area (Å²) in [5, 5.41) is 3.45. The first-order chi connectivity index (χ1) is 8.16. The molecule has 2 heterocycles. The van der Waals surface area contributed by atoms with Crippen molar-refractivity contribution in [2.75, 3.05) is 31.6 Å². The summed E-state index contributed by atoms with van der Waals surface area (Å²) in [7, 11) is 2.11. The number of rotatable bonds is 3. The van der Waals surface area contributed by atoms with E-state index >= 15 is 0 Å². The number of hydrogen-bond donors (Lipinski definition) is 1. The largest absolute Gasteiger partial charge is 0.358 e. The fourth-order valence-electron chi connectivity index (χ4n) is 2.24. The molecule has 1 aromatic rings. The molecule has 1 atom stereocenters. The first-order valence-electron chi connectivity index (χ1n) is 5.89. The molecule has 0 bridgehead atoms. The molecule has 17 heavy (non-hydrogen) atoms. The molecule has 0 aliphatic carbocycles. The van der Waals surface area contributed by atoms with Crippen LogP contribution < -0.4 is 10.2 Å². The number of hydrogen-bond acceptors (Lipinski definition) is 3. The van der Waals surface area contributed by atoms with Gasteiger partial charge in [0.2, 0.25) is 0 Å². The molecule has 1 aromatic heterocycles. The summed E-state index contributed by atoms with van der Waals surface area (Å²) in [6, 6.07) is 2.04. The maximum Gasteiger partial charge on any atom is 0.142 e. The zero-order chi connectivity index (χ0) is 12.3. The summed E-state index contributed by atoms with van der Waals surface area (Å²) >= 11 is 6.99. The SMILES string of the molecule is CN(CC1CCCNC1)c1ncc(Br)cc1Br. The minimum atomic E-state index is 0.728. The van der Waals surface area contributed by atoms with Crippen molar-refractivity contribution in [2.45, 2.75) is 12.8 Å². The van der Waals surface area contributed by atoms with Crippen LogP contribution in [0.4, 0.5) is 5.82 Å². The van der Waals surface area contributed by atoms with Crippen molar-refractivity contribution in [3.8, 4) is 0 Å². The van der Waals surface area contributed by atoms with Gasteiger partial charge in [-0.1, -0.05) is 0 Å². The van der Waals surface area contributed by atoms with Gasteiger partial charge in [0.25, 0.3) is 0 Å². The maximum atomic E-state index is 4.45. The predicted molar refractivity (Wildman–Crippen MR) is 78.5 cm³/mol. The van der Waals surface area contributed by atoms with Crippen LogP contribution in [0.5, 0.6) is 0 Å². The van der Waals surface area contributed by atoms with Crippen LogP contribution in [-0.2, 0) is 0 Å². The summed E-state index contributed by atoms with van der Waals surface area (Å²) in [4.78, 5) is 6.69. The lowest BCUT2D eigenvalue weighted by Gasteiger charge is -2.28. The Morgan fingerprint density at radius 3 is 3.00 bits per heavy atom. The van der Waals surface area contributed by atoms with E-state index < -0.39 is 0 Å². The van der Waals surface area contributed by atoms with Crippen molar-refractivity contribution in [3.05, 3.63) is 21.2 Å². The highest BCUT2D eigenvalue weighted by Gasteiger charge is 2.17. The summed E-state index contributed by atoms with van der Waals surface area (Å²) in [5.74, 6) is 1.74. The van der Waals surface area contributed by atoms with Gasteiger partial charge in [0.1, 0.15) is 5.82 Å². The average Bonchev–Trinajstić information content (AvgIpc) is 2.30. The molecule has 0 radical (unpaired) electrons. The van der Waals surface area contributed by atoms with Crippen molar-refractivity contribution in [3.63, 3.8) is 0 Å². The second kappa shape index (κ2) is 6.16. The van der Waals surface area contributed by atoms with Crippen LogP contribution >= 0.6 is 31.9 Å². The Labute approximate surface area is 119 Å². The fourth-order valence-corrected chi connectivity index (χ4v) is 3.53. The molecule has 1 saturated heterocycles. The number of piperidine rings is 1. The molecule has 3 nitrogen and oxygen atoms in total. The molecule has 5 heteroatoms. The van der Waals surface area contributed by atoms with Gasteiger partial charge in [0.05, 0.1) is 4.47 Å². The van der Waals surface area contributed by atoms with Crippen LogP contribution in [0.15, 0.2) is 21.2 Å². The Balaban J connectivity index is 2.00. The Kier molecular flexibility index (Phi) is 4.82. The van der Waals surface area contributed by atoms with Crippen molar-refractivity contribution < 1.29 is 0 Å². The van der Waals surface area contributed by atoms with Crippen molar-refractivity contribution in [2.24, 2.45) is 5.92 Å². The molecule has 1 N–H and O–H groups in total. The quantitative estimate of drug-likeness (QED) is 0.895. The topological polar surface area (TPSA) is 28.2 Å². The monoisotopic (exact) mass is 361 g/mol. The van der Waals surface area contributed by atoms with Gasteiger partial charge in [-0.05, 0) is 69.8 Å². The number of nitrogens with one attached hydrogen (secondary N) is 1. The van der Waals surface area contributed by atoms with Crippen molar-refractivity contribution in [1.29, 1.82) is 0 Å². The minimum Gasteiger partial charge on any atom is -0.358 e. The second-order valence-electron chi connectivity index (χ2n) is 4.55. The van der Waals surface area contributed by atoms with E-state index in [4.69, 9.17) is 0 Å². The lowest BCUT2D eigenvalue weighted by atomic mass is 9.99. The highest BCUT2D eigenvalue weighted by Crippen LogP contribution is 2.27. The molecule has 1 fully saturated rings. The highest BCUT2D eigenvalue weighted by molar-refractivity contribution is 9.11. The van der Waals surface area contributed by atoms with E-state index in [1.807, 2.05) is 12.3 Å². The molecule has 0 spiro atoms. The van der Waals surface area contributed by atoms with Gasteiger partial charge in [-0.2, -0.15) is 0 Å². The summed E-state index contributed by atoms with van der Waals surface area (Å²) in [5.41, 5.74) is 0. The molecule has 1 aliphatic heterocycles. The molecule has 94 valence electrons. The fraction of sp³-hybridized carbons (Fsp3) is 0.583. The van der Waals surface area contributed by atoms with Gasteiger partial charge in [-0.15, -0.1) is 0 Å². The standard InChI is InChI=1S/C12H17Br2N3/c1-17(8-9-3-2-4-15-6-9)12-11(14)5-10(13)7-16-12/h5,7,9,15H,2-4,6,8H2,1H3. The predicted octanol–water partition coefficient (Wildman–Crippen LogP) is 3.04. The number of anilines is 1. The van der Waals surface area contributed by atoms with Crippen LogP contribution in [0.2, 0.25) is 0 Å². The third kappa shape index (κ3) is 3.66. The molecule has 0 amide bonds. The van der Waals surface area contributed by atoms with E-state index in [-0.39, 0.29) is 0 Å². The lowest BCUT2D eigenvalue weighted by Crippen LogP contribution is -2.37. The van der Waals surface area contributed by atoms with Gasteiger partial charge >= 0.3 is 0 Å². The molecule has 2 rings (SSSR count). The van der Waals surface area contributed by atoms with E-state index in [0.717, 1.165) is 33.8 Å². The first kappa shape index (κ1) is 13.3. The number of pyridine rings is 1. The van der Waals surface area contributed by atoms with Gasteiger partial charge < -0.3 is 10.2 Å². The van der Waals surface area contributed by atoms with Gasteiger partial charge in [-0.25, -0.2) is 4.98 Å². The van der Waals surface area contributed by atoms with E-state index in [1.165, 1.54) is 19.4 Å². The van der Waals surface area contributed by atoms with Gasteiger partial charge in [0.15, 0.2) is 0 Å². The van der Waals surface area contributed by atoms with Crippen molar-refractivity contribution in [1.82, 2.24) is 10.3 Å². The minimum absolute atomic E-state index is 0.728. The van der Waals surface area contributed by atoms with E-state index in [9.17, 15) is 0 Å². The zero-order valence-electron chi connectivity index (χ0n) is 9.92. The second-order valence-corrected chi connectivity index (χ2v) is 6.32. The van der Waals surface area contributed by atoms with Gasteiger partial charge in [0, 0.05) is 24.3 Å². The first-order valence-corrected chi connectivity index (χ1v) is 7.48. The maximum absolute atomic E-state index is 4.45. The summed E-state index contributed by atoms with van der Waals surface area (Å²) in [6.45, 7) is 3.35. The number of nitrogens with zero attached hydrogens (tertiary/aromatic N) is 2. The molecular formula is C12H17Br2N3. The number of aromatic nitrogens is 1. The molecular weight excluding hydrogens is 346 g/mol. The van der Waals surface area contributed by atoms with E-state index in [0.29, 0.717) is 0 Å². The normalized spacial score (nSPS) is 20.3. The number of halogens is 2. The molecule has 1 unspecified atom stereocenters. The van der Waals surface area contributed by atoms with Crippen LogP contribution in [0.25, 0.3) is 0 Å². The zero-order valence-corrected chi connectivity index (χ0v) is 13.1. The Bertz CT molecular complexity index is 378. The van der Waals surface area contributed by atoms with E-state index in [1.54, 1.807) is 0 Å². The molecule has 1 aliphatic rings.